The molecule has 0 aliphatic carbocycles. The lowest BCUT2D eigenvalue weighted by molar-refractivity contribution is 0.240. The molecule has 0 fully saturated rings. The summed E-state index contributed by atoms with van der Waals surface area (Å²) in [6.45, 7) is 0.613. The molecule has 9 heteroatoms. The quantitative estimate of drug-likeness (QED) is 0.726. The van der Waals surface area contributed by atoms with E-state index in [0.29, 0.717) is 16.4 Å². The smallest absolute Gasteiger partial charge is 0.315 e. The van der Waals surface area contributed by atoms with Gasteiger partial charge in [-0.3, -0.25) is 0 Å². The van der Waals surface area contributed by atoms with E-state index in [-0.39, 0.29) is 17.5 Å². The van der Waals surface area contributed by atoms with Crippen LogP contribution < -0.4 is 15.4 Å². The van der Waals surface area contributed by atoms with E-state index in [0.717, 1.165) is 4.88 Å². The lowest BCUT2D eigenvalue weighted by atomic mass is 10.2. The molecule has 0 saturated carbocycles. The number of hydrogen-bond donors (Lipinski definition) is 3. The number of halogens is 1. The Morgan fingerprint density at radius 2 is 1.91 bits per heavy atom. The van der Waals surface area contributed by atoms with E-state index in [1.165, 1.54) is 30.5 Å². The van der Waals surface area contributed by atoms with Crippen molar-refractivity contribution in [3.05, 3.63) is 51.2 Å². The van der Waals surface area contributed by atoms with Gasteiger partial charge >= 0.3 is 6.03 Å². The molecule has 0 spiro atoms. The molecule has 0 unspecified atom stereocenters. The Balaban J connectivity index is 1.88. The van der Waals surface area contributed by atoms with Crippen LogP contribution in [0.25, 0.3) is 0 Å². The molecular weight excluding hydrogens is 358 g/mol. The molecule has 1 aromatic carbocycles. The summed E-state index contributed by atoms with van der Waals surface area (Å²) >= 11 is 7.22. The molecule has 2 aromatic rings. The standard InChI is InChI=1S/C14H16ClN3O3S2/c1-16-23(20,21)12-4-2-3-10(7-12)8-17-14(19)18-9-11-5-6-13(15)22-11/h2-7,16H,8-9H2,1H3,(H2,17,18,19). The maximum Gasteiger partial charge on any atom is 0.315 e. The predicted molar refractivity (Wildman–Crippen MR) is 91.1 cm³/mol. The average molecular weight is 374 g/mol. The molecule has 0 saturated heterocycles. The average Bonchev–Trinajstić information content (AvgIpc) is 2.96. The summed E-state index contributed by atoms with van der Waals surface area (Å²) in [4.78, 5) is 12.9. The second-order valence-corrected chi connectivity index (χ2v) is 8.28. The van der Waals surface area contributed by atoms with Gasteiger partial charge < -0.3 is 10.6 Å². The van der Waals surface area contributed by atoms with Crippen molar-refractivity contribution in [2.24, 2.45) is 0 Å². The SMILES string of the molecule is CNS(=O)(=O)c1cccc(CNC(=O)NCc2ccc(Cl)s2)c1. The number of rotatable bonds is 6. The summed E-state index contributed by atoms with van der Waals surface area (Å²) in [5, 5.41) is 5.39. The fraction of sp³-hybridized carbons (Fsp3) is 0.214. The summed E-state index contributed by atoms with van der Waals surface area (Å²) in [6, 6.07) is 9.67. The topological polar surface area (TPSA) is 87.3 Å². The minimum atomic E-state index is -3.49. The lowest BCUT2D eigenvalue weighted by Gasteiger charge is -2.08. The van der Waals surface area contributed by atoms with Crippen LogP contribution in [0.1, 0.15) is 10.4 Å². The molecule has 0 radical (unpaired) electrons. The van der Waals surface area contributed by atoms with Crippen LogP contribution in [0.5, 0.6) is 0 Å². The fourth-order valence-corrected chi connectivity index (χ4v) is 3.63. The van der Waals surface area contributed by atoms with Gasteiger partial charge in [-0.25, -0.2) is 17.9 Å². The number of benzene rings is 1. The third kappa shape index (κ3) is 5.21. The highest BCUT2D eigenvalue weighted by Crippen LogP contribution is 2.20. The van der Waals surface area contributed by atoms with Gasteiger partial charge in [0.2, 0.25) is 10.0 Å². The van der Waals surface area contributed by atoms with Crippen molar-refractivity contribution in [1.82, 2.24) is 15.4 Å². The van der Waals surface area contributed by atoms with Gasteiger partial charge in [0, 0.05) is 11.4 Å². The Labute approximate surface area is 143 Å². The van der Waals surface area contributed by atoms with Gasteiger partial charge in [-0.2, -0.15) is 0 Å². The van der Waals surface area contributed by atoms with Crippen LogP contribution in [0.3, 0.4) is 0 Å². The molecule has 6 nitrogen and oxygen atoms in total. The molecule has 3 N–H and O–H groups in total. The van der Waals surface area contributed by atoms with Crippen molar-refractivity contribution < 1.29 is 13.2 Å². The van der Waals surface area contributed by atoms with E-state index >= 15 is 0 Å². The van der Waals surface area contributed by atoms with Crippen LogP contribution in [0, 0.1) is 0 Å². The molecule has 124 valence electrons. The maximum atomic E-state index is 11.8. The summed E-state index contributed by atoms with van der Waals surface area (Å²) in [5.41, 5.74) is 0.690. The fourth-order valence-electron chi connectivity index (χ4n) is 1.80. The van der Waals surface area contributed by atoms with Crippen molar-refractivity contribution in [3.63, 3.8) is 0 Å². The summed E-state index contributed by atoms with van der Waals surface area (Å²) in [5.74, 6) is 0. The molecule has 1 heterocycles. The maximum absolute atomic E-state index is 11.8. The Morgan fingerprint density at radius 3 is 2.57 bits per heavy atom. The third-order valence-corrected chi connectivity index (χ3v) is 5.63. The van der Waals surface area contributed by atoms with Crippen LogP contribution in [-0.4, -0.2) is 21.5 Å². The first kappa shape index (κ1) is 17.7. The number of hydrogen-bond acceptors (Lipinski definition) is 4. The van der Waals surface area contributed by atoms with Crippen molar-refractivity contribution in [3.8, 4) is 0 Å². The normalized spacial score (nSPS) is 11.2. The van der Waals surface area contributed by atoms with Gasteiger partial charge in [0.25, 0.3) is 0 Å². The number of amides is 2. The summed E-state index contributed by atoms with van der Waals surface area (Å²) < 4.78 is 26.4. The third-order valence-electron chi connectivity index (χ3n) is 2.98. The molecule has 0 bridgehead atoms. The number of urea groups is 1. The first-order valence-corrected chi connectivity index (χ1v) is 9.37. The zero-order valence-electron chi connectivity index (χ0n) is 12.3. The van der Waals surface area contributed by atoms with Crippen LogP contribution >= 0.6 is 22.9 Å². The molecule has 2 rings (SSSR count). The number of carbonyl (C=O) groups is 1. The highest BCUT2D eigenvalue weighted by Gasteiger charge is 2.11. The monoisotopic (exact) mass is 373 g/mol. The zero-order chi connectivity index (χ0) is 16.9. The predicted octanol–water partition coefficient (Wildman–Crippen LogP) is 2.31. The minimum Gasteiger partial charge on any atom is -0.334 e. The molecular formula is C14H16ClN3O3S2. The summed E-state index contributed by atoms with van der Waals surface area (Å²) in [7, 11) is -2.14. The highest BCUT2D eigenvalue weighted by atomic mass is 35.5. The van der Waals surface area contributed by atoms with Crippen LogP contribution in [0.4, 0.5) is 4.79 Å². The Bertz CT molecular complexity index is 790. The largest absolute Gasteiger partial charge is 0.334 e. The molecule has 0 aliphatic heterocycles. The minimum absolute atomic E-state index is 0.160. The van der Waals surface area contributed by atoms with Crippen LogP contribution in [0.15, 0.2) is 41.3 Å². The van der Waals surface area contributed by atoms with E-state index in [1.54, 1.807) is 18.2 Å². The lowest BCUT2D eigenvalue weighted by Crippen LogP contribution is -2.34. The van der Waals surface area contributed by atoms with Gasteiger partial charge in [0.15, 0.2) is 0 Å². The second-order valence-electron chi connectivity index (χ2n) is 4.60. The van der Waals surface area contributed by atoms with E-state index in [9.17, 15) is 13.2 Å². The number of nitrogens with one attached hydrogen (secondary N) is 3. The number of carbonyl (C=O) groups excluding carboxylic acids is 1. The van der Waals surface area contributed by atoms with Gasteiger partial charge in [-0.15, -0.1) is 11.3 Å². The van der Waals surface area contributed by atoms with Crippen molar-refractivity contribution >= 4 is 39.0 Å². The van der Waals surface area contributed by atoms with Crippen molar-refractivity contribution in [1.29, 1.82) is 0 Å². The zero-order valence-corrected chi connectivity index (χ0v) is 14.7. The Hall–Kier alpha value is -1.61. The van der Waals surface area contributed by atoms with Gasteiger partial charge in [0.1, 0.15) is 0 Å². The van der Waals surface area contributed by atoms with Crippen molar-refractivity contribution in [2.75, 3.05) is 7.05 Å². The van der Waals surface area contributed by atoms with E-state index in [4.69, 9.17) is 11.6 Å². The molecule has 0 aliphatic rings. The van der Waals surface area contributed by atoms with Crippen LogP contribution in [-0.2, 0) is 23.1 Å². The summed E-state index contributed by atoms with van der Waals surface area (Å²) in [6.07, 6.45) is 0. The van der Waals surface area contributed by atoms with E-state index < -0.39 is 10.0 Å². The van der Waals surface area contributed by atoms with Gasteiger partial charge in [0.05, 0.1) is 15.8 Å². The second kappa shape index (κ2) is 7.78. The molecule has 1 aromatic heterocycles. The van der Waals surface area contributed by atoms with Gasteiger partial charge in [-0.1, -0.05) is 23.7 Å². The Morgan fingerprint density at radius 1 is 1.17 bits per heavy atom. The Kier molecular flexibility index (Phi) is 6.00. The first-order valence-electron chi connectivity index (χ1n) is 6.69. The van der Waals surface area contributed by atoms with Crippen LogP contribution in [0.2, 0.25) is 4.34 Å². The first-order chi connectivity index (χ1) is 10.9. The number of thiophene rings is 1. The van der Waals surface area contributed by atoms with E-state index in [2.05, 4.69) is 15.4 Å². The highest BCUT2D eigenvalue weighted by molar-refractivity contribution is 7.89. The van der Waals surface area contributed by atoms with Crippen molar-refractivity contribution in [2.45, 2.75) is 18.0 Å². The van der Waals surface area contributed by atoms with E-state index in [1.807, 2.05) is 6.07 Å². The number of sulfonamides is 1. The molecule has 0 atom stereocenters. The molecule has 23 heavy (non-hydrogen) atoms. The van der Waals surface area contributed by atoms with Gasteiger partial charge in [-0.05, 0) is 36.9 Å². The molecule has 2 amide bonds.